The normalized spacial score (nSPS) is 26.0. The van der Waals surface area contributed by atoms with Crippen molar-refractivity contribution in [3.63, 3.8) is 0 Å². The maximum Gasteiger partial charge on any atom is 0.258 e. The van der Waals surface area contributed by atoms with E-state index in [1.165, 1.54) is 11.6 Å². The van der Waals surface area contributed by atoms with Crippen LogP contribution in [0.25, 0.3) is 0 Å². The average molecular weight is 513 g/mol. The van der Waals surface area contributed by atoms with Gasteiger partial charge in [-0.3, -0.25) is 9.59 Å². The van der Waals surface area contributed by atoms with Crippen LogP contribution in [0.1, 0.15) is 68.4 Å². The number of fused-ring (bicyclic) bond motifs is 3. The molecule has 0 spiro atoms. The Morgan fingerprint density at radius 3 is 2.28 bits per heavy atom. The molecular weight excluding hydrogens is 479 g/mol. The van der Waals surface area contributed by atoms with Crippen LogP contribution in [0.4, 0.5) is 4.39 Å². The van der Waals surface area contributed by atoms with Crippen LogP contribution in [0, 0.1) is 18.2 Å². The van der Waals surface area contributed by atoms with Crippen LogP contribution >= 0.6 is 11.6 Å². The smallest absolute Gasteiger partial charge is 0.258 e. The van der Waals surface area contributed by atoms with Gasteiger partial charge in [0.15, 0.2) is 6.61 Å². The zero-order chi connectivity index (χ0) is 25.3. The van der Waals surface area contributed by atoms with Gasteiger partial charge in [0, 0.05) is 35.1 Å². The molecule has 0 radical (unpaired) electrons. The van der Waals surface area contributed by atoms with Gasteiger partial charge in [0.2, 0.25) is 5.91 Å². The number of likely N-dealkylation sites (tertiary alicyclic amines) is 1. The Bertz CT molecular complexity index is 1100. The Hall–Kier alpha value is -2.60. The molecule has 36 heavy (non-hydrogen) atoms. The minimum absolute atomic E-state index is 0.142. The molecule has 5 nitrogen and oxygen atoms in total. The number of amides is 2. The molecule has 1 heterocycles. The molecule has 0 unspecified atom stereocenters. The van der Waals surface area contributed by atoms with Crippen molar-refractivity contribution in [3.05, 3.63) is 64.4 Å². The topological polar surface area (TPSA) is 58.6 Å². The first-order valence-electron chi connectivity index (χ1n) is 13.0. The molecule has 3 saturated carbocycles. The Morgan fingerprint density at radius 1 is 1.03 bits per heavy atom. The lowest BCUT2D eigenvalue weighted by molar-refractivity contribution is -0.151. The number of rotatable bonds is 6. The number of nitrogens with zero attached hydrogens (tertiary/aromatic N) is 1. The first-order chi connectivity index (χ1) is 17.3. The lowest BCUT2D eigenvalue weighted by Crippen LogP contribution is -2.61. The van der Waals surface area contributed by atoms with Crippen molar-refractivity contribution in [2.24, 2.45) is 5.41 Å². The molecule has 1 N–H and O–H groups in total. The summed E-state index contributed by atoms with van der Waals surface area (Å²) in [6, 6.07) is 12.7. The summed E-state index contributed by atoms with van der Waals surface area (Å²) in [5, 5.41) is 3.94. The molecule has 3 aliphatic carbocycles. The van der Waals surface area contributed by atoms with Gasteiger partial charge in [0.1, 0.15) is 11.6 Å². The fraction of sp³-hybridized carbons (Fsp3) is 0.517. The molecule has 0 atom stereocenters. The second kappa shape index (κ2) is 10.0. The lowest BCUT2D eigenvalue weighted by Gasteiger charge is -2.54. The fourth-order valence-electron chi connectivity index (χ4n) is 6.32. The molecular formula is C29H34ClFN2O3. The van der Waals surface area contributed by atoms with Crippen LogP contribution in [0.15, 0.2) is 42.5 Å². The van der Waals surface area contributed by atoms with Crippen molar-refractivity contribution < 1.29 is 18.7 Å². The number of carbonyl (C=O) groups excluding carboxylic acids is 2. The monoisotopic (exact) mass is 512 g/mol. The van der Waals surface area contributed by atoms with E-state index in [0.29, 0.717) is 23.1 Å². The van der Waals surface area contributed by atoms with E-state index in [4.69, 9.17) is 16.3 Å². The number of hydrogen-bond donors (Lipinski definition) is 1. The Labute approximate surface area is 217 Å². The summed E-state index contributed by atoms with van der Waals surface area (Å²) in [5.74, 6) is 0.592. The van der Waals surface area contributed by atoms with Gasteiger partial charge in [-0.15, -0.1) is 0 Å². The van der Waals surface area contributed by atoms with E-state index in [-0.39, 0.29) is 29.3 Å². The largest absolute Gasteiger partial charge is 0.484 e. The number of benzene rings is 2. The second-order valence-electron chi connectivity index (χ2n) is 10.9. The highest BCUT2D eigenvalue weighted by atomic mass is 35.5. The number of halogens is 2. The number of aryl methyl sites for hydroxylation is 1. The summed E-state index contributed by atoms with van der Waals surface area (Å²) in [6.45, 7) is 3.14. The first kappa shape index (κ1) is 25.1. The number of hydrogen-bond acceptors (Lipinski definition) is 3. The molecule has 0 aromatic heterocycles. The minimum atomic E-state index is -0.346. The SMILES string of the molecule is Cc1ccc(OCC(=O)NC23CCC(C(=O)N4CCC(c5ccc(Cl)cc5)CC4)(CC2)CC3)cc1F. The van der Waals surface area contributed by atoms with Crippen LogP contribution < -0.4 is 10.1 Å². The van der Waals surface area contributed by atoms with E-state index in [1.807, 2.05) is 12.1 Å². The minimum Gasteiger partial charge on any atom is -0.484 e. The molecule has 4 aliphatic rings. The lowest BCUT2D eigenvalue weighted by atomic mass is 9.56. The number of ether oxygens (including phenoxy) is 1. The molecule has 7 heteroatoms. The zero-order valence-corrected chi connectivity index (χ0v) is 21.6. The average Bonchev–Trinajstić information content (AvgIpc) is 2.90. The highest BCUT2D eigenvalue weighted by Crippen LogP contribution is 2.53. The molecule has 2 aromatic rings. The first-order valence-corrected chi connectivity index (χ1v) is 13.4. The van der Waals surface area contributed by atoms with Crippen LogP contribution in [0.3, 0.4) is 0 Å². The second-order valence-corrected chi connectivity index (χ2v) is 11.4. The molecule has 2 amide bonds. The Kier molecular flexibility index (Phi) is 6.99. The van der Waals surface area contributed by atoms with Gasteiger partial charge in [-0.1, -0.05) is 29.8 Å². The quantitative estimate of drug-likeness (QED) is 0.533. The standard InChI is InChI=1S/C29H34ClFN2O3/c1-20-2-7-24(18-25(20)31)36-19-26(34)32-29-13-10-28(11-14-29,12-15-29)27(35)33-16-8-22(9-17-33)21-3-5-23(30)6-4-21/h2-7,18,22H,8-17,19H2,1H3,(H,32,34). The van der Waals surface area contributed by atoms with Gasteiger partial charge in [0.25, 0.3) is 5.91 Å². The van der Waals surface area contributed by atoms with Crippen molar-refractivity contribution in [2.75, 3.05) is 19.7 Å². The van der Waals surface area contributed by atoms with Gasteiger partial charge in [-0.05, 0) is 93.5 Å². The zero-order valence-electron chi connectivity index (χ0n) is 20.8. The molecule has 6 rings (SSSR count). The van der Waals surface area contributed by atoms with E-state index in [9.17, 15) is 14.0 Å². The molecule has 4 fully saturated rings. The van der Waals surface area contributed by atoms with Gasteiger partial charge in [0.05, 0.1) is 0 Å². The van der Waals surface area contributed by atoms with Gasteiger partial charge >= 0.3 is 0 Å². The van der Waals surface area contributed by atoms with Crippen molar-refractivity contribution in [1.29, 1.82) is 0 Å². The maximum atomic E-state index is 13.7. The molecule has 2 bridgehead atoms. The maximum absolute atomic E-state index is 13.7. The number of piperidine rings is 1. The predicted molar refractivity (Wildman–Crippen MR) is 138 cm³/mol. The third-order valence-corrected chi connectivity index (χ3v) is 8.99. The summed E-state index contributed by atoms with van der Waals surface area (Å²) in [6.07, 6.45) is 6.83. The van der Waals surface area contributed by atoms with Crippen LogP contribution in [-0.4, -0.2) is 41.9 Å². The van der Waals surface area contributed by atoms with Crippen molar-refractivity contribution >= 4 is 23.4 Å². The summed E-state index contributed by atoms with van der Waals surface area (Å²) >= 11 is 6.03. The van der Waals surface area contributed by atoms with E-state index in [1.54, 1.807) is 19.1 Å². The van der Waals surface area contributed by atoms with Crippen LogP contribution in [0.2, 0.25) is 5.02 Å². The van der Waals surface area contributed by atoms with Crippen LogP contribution in [-0.2, 0) is 9.59 Å². The highest BCUT2D eigenvalue weighted by Gasteiger charge is 2.54. The summed E-state index contributed by atoms with van der Waals surface area (Å²) in [5.41, 5.74) is 1.30. The predicted octanol–water partition coefficient (Wildman–Crippen LogP) is 5.78. The van der Waals surface area contributed by atoms with E-state index < -0.39 is 0 Å². The molecule has 1 saturated heterocycles. The highest BCUT2D eigenvalue weighted by molar-refractivity contribution is 6.30. The summed E-state index contributed by atoms with van der Waals surface area (Å²) < 4.78 is 19.2. The van der Waals surface area contributed by atoms with Gasteiger partial charge in [-0.2, -0.15) is 0 Å². The number of nitrogens with one attached hydrogen (secondary N) is 1. The van der Waals surface area contributed by atoms with Crippen molar-refractivity contribution in [3.8, 4) is 5.75 Å². The summed E-state index contributed by atoms with van der Waals surface area (Å²) in [4.78, 5) is 28.3. The third kappa shape index (κ3) is 5.10. The van der Waals surface area contributed by atoms with Crippen molar-refractivity contribution in [2.45, 2.75) is 69.7 Å². The van der Waals surface area contributed by atoms with E-state index >= 15 is 0 Å². The van der Waals surface area contributed by atoms with Crippen molar-refractivity contribution in [1.82, 2.24) is 10.2 Å². The summed E-state index contributed by atoms with van der Waals surface area (Å²) in [7, 11) is 0. The third-order valence-electron chi connectivity index (χ3n) is 8.74. The Balaban J connectivity index is 1.11. The van der Waals surface area contributed by atoms with Crippen LogP contribution in [0.5, 0.6) is 5.75 Å². The van der Waals surface area contributed by atoms with Gasteiger partial charge in [-0.25, -0.2) is 4.39 Å². The van der Waals surface area contributed by atoms with Gasteiger partial charge < -0.3 is 15.0 Å². The molecule has 1 aliphatic heterocycles. The molecule has 192 valence electrons. The van der Waals surface area contributed by atoms with E-state index in [2.05, 4.69) is 22.3 Å². The van der Waals surface area contributed by atoms with E-state index in [0.717, 1.165) is 69.5 Å². The Morgan fingerprint density at radius 2 is 1.67 bits per heavy atom. The fourth-order valence-corrected chi connectivity index (χ4v) is 6.45. The molecule has 2 aromatic carbocycles. The number of carbonyl (C=O) groups is 2.